The van der Waals surface area contributed by atoms with E-state index in [4.69, 9.17) is 4.42 Å². The summed E-state index contributed by atoms with van der Waals surface area (Å²) in [4.78, 5) is 12.7. The van der Waals surface area contributed by atoms with Crippen LogP contribution in [-0.4, -0.2) is 25.1 Å². The predicted molar refractivity (Wildman–Crippen MR) is 91.6 cm³/mol. The van der Waals surface area contributed by atoms with Gasteiger partial charge in [0.05, 0.1) is 6.54 Å². The quantitative estimate of drug-likeness (QED) is 0.610. The highest BCUT2D eigenvalue weighted by Crippen LogP contribution is 2.25. The van der Waals surface area contributed by atoms with E-state index in [0.29, 0.717) is 23.1 Å². The van der Waals surface area contributed by atoms with Gasteiger partial charge in [0.2, 0.25) is 5.88 Å². The Morgan fingerprint density at radius 3 is 2.77 bits per heavy atom. The van der Waals surface area contributed by atoms with Crippen molar-refractivity contribution < 1.29 is 9.21 Å². The first-order chi connectivity index (χ1) is 12.7. The van der Waals surface area contributed by atoms with Crippen LogP contribution in [0.4, 0.5) is 0 Å². The van der Waals surface area contributed by atoms with Crippen LogP contribution in [-0.2, 0) is 6.54 Å². The molecule has 4 heterocycles. The SMILES string of the molecule is Cc1oc(-n2cccc2)c(C#N)c1C(=O)NCc1nnc2ccccn12. The molecular formula is C18H14N6O2. The molecule has 0 bridgehead atoms. The lowest BCUT2D eigenvalue weighted by atomic mass is 10.1. The fourth-order valence-corrected chi connectivity index (χ4v) is 2.82. The lowest BCUT2D eigenvalue weighted by Crippen LogP contribution is -2.25. The molecule has 26 heavy (non-hydrogen) atoms. The topological polar surface area (TPSA) is 101 Å². The van der Waals surface area contributed by atoms with Gasteiger partial charge in [-0.15, -0.1) is 10.2 Å². The van der Waals surface area contributed by atoms with Gasteiger partial charge in [0, 0.05) is 18.6 Å². The lowest BCUT2D eigenvalue weighted by molar-refractivity contribution is 0.0948. The molecule has 0 atom stereocenters. The molecule has 0 aliphatic heterocycles. The van der Waals surface area contributed by atoms with Crippen LogP contribution in [0.1, 0.15) is 27.5 Å². The van der Waals surface area contributed by atoms with E-state index >= 15 is 0 Å². The van der Waals surface area contributed by atoms with E-state index < -0.39 is 5.91 Å². The summed E-state index contributed by atoms with van der Waals surface area (Å²) in [6.07, 6.45) is 5.33. The molecule has 0 spiro atoms. The number of nitriles is 1. The average Bonchev–Trinajstić information content (AvgIpc) is 3.37. The number of aryl methyl sites for hydroxylation is 1. The molecule has 0 aromatic carbocycles. The first kappa shape index (κ1) is 15.7. The Hall–Kier alpha value is -3.86. The van der Waals surface area contributed by atoms with Crippen LogP contribution >= 0.6 is 0 Å². The predicted octanol–water partition coefficient (Wildman–Crippen LogP) is 2.22. The van der Waals surface area contributed by atoms with Crippen molar-refractivity contribution in [2.45, 2.75) is 13.5 Å². The van der Waals surface area contributed by atoms with E-state index in [2.05, 4.69) is 21.6 Å². The molecule has 128 valence electrons. The van der Waals surface area contributed by atoms with Gasteiger partial charge in [-0.05, 0) is 31.2 Å². The maximum atomic E-state index is 12.7. The second-order valence-corrected chi connectivity index (χ2v) is 5.64. The van der Waals surface area contributed by atoms with Gasteiger partial charge in [-0.1, -0.05) is 6.07 Å². The minimum Gasteiger partial charge on any atom is -0.443 e. The largest absolute Gasteiger partial charge is 0.443 e. The van der Waals surface area contributed by atoms with Gasteiger partial charge in [0.15, 0.2) is 11.5 Å². The number of carbonyl (C=O) groups excluding carboxylic acids is 1. The van der Waals surface area contributed by atoms with Crippen LogP contribution in [0.15, 0.2) is 53.3 Å². The number of amides is 1. The number of hydrogen-bond donors (Lipinski definition) is 1. The molecule has 1 N–H and O–H groups in total. The average molecular weight is 346 g/mol. The first-order valence-corrected chi connectivity index (χ1v) is 7.92. The van der Waals surface area contributed by atoms with Crippen molar-refractivity contribution in [1.29, 1.82) is 5.26 Å². The van der Waals surface area contributed by atoms with Crippen molar-refractivity contribution in [3.05, 3.63) is 71.6 Å². The second-order valence-electron chi connectivity index (χ2n) is 5.64. The van der Waals surface area contributed by atoms with Crippen LogP contribution < -0.4 is 5.32 Å². The number of furan rings is 1. The van der Waals surface area contributed by atoms with Crippen LogP contribution in [0.2, 0.25) is 0 Å². The Kier molecular flexibility index (Phi) is 3.74. The van der Waals surface area contributed by atoms with Gasteiger partial charge in [0.25, 0.3) is 5.91 Å². The minimum atomic E-state index is -0.395. The molecule has 0 saturated heterocycles. The maximum absolute atomic E-state index is 12.7. The third-order valence-electron chi connectivity index (χ3n) is 4.03. The zero-order valence-corrected chi connectivity index (χ0v) is 13.9. The van der Waals surface area contributed by atoms with Crippen molar-refractivity contribution in [3.63, 3.8) is 0 Å². The molecule has 4 rings (SSSR count). The van der Waals surface area contributed by atoms with E-state index in [0.717, 1.165) is 0 Å². The van der Waals surface area contributed by atoms with Crippen molar-refractivity contribution in [2.24, 2.45) is 0 Å². The summed E-state index contributed by atoms with van der Waals surface area (Å²) in [7, 11) is 0. The molecule has 0 saturated carbocycles. The lowest BCUT2D eigenvalue weighted by Gasteiger charge is -2.04. The van der Waals surface area contributed by atoms with Crippen LogP contribution in [0, 0.1) is 18.3 Å². The third kappa shape index (κ3) is 2.52. The molecule has 4 aromatic rings. The molecular weight excluding hydrogens is 332 g/mol. The monoisotopic (exact) mass is 346 g/mol. The first-order valence-electron chi connectivity index (χ1n) is 7.92. The van der Waals surface area contributed by atoms with Gasteiger partial charge >= 0.3 is 0 Å². The van der Waals surface area contributed by atoms with Crippen LogP contribution in [0.25, 0.3) is 11.5 Å². The minimum absolute atomic E-state index is 0.179. The second kappa shape index (κ2) is 6.22. The summed E-state index contributed by atoms with van der Waals surface area (Å²) >= 11 is 0. The fraction of sp³-hybridized carbons (Fsp3) is 0.111. The standard InChI is InChI=1S/C18H14N6O2/c1-12-16(13(10-19)18(26-12)23-7-4-5-8-23)17(25)20-11-15-22-21-14-6-2-3-9-24(14)15/h2-9H,11H2,1H3,(H,20,25). The van der Waals surface area contributed by atoms with Crippen molar-refractivity contribution >= 4 is 11.6 Å². The number of rotatable bonds is 4. The van der Waals surface area contributed by atoms with Gasteiger partial charge in [0.1, 0.15) is 23.0 Å². The highest BCUT2D eigenvalue weighted by molar-refractivity contribution is 5.98. The summed E-state index contributed by atoms with van der Waals surface area (Å²) in [5, 5.41) is 20.4. The molecule has 4 aromatic heterocycles. The van der Waals surface area contributed by atoms with E-state index in [-0.39, 0.29) is 17.7 Å². The summed E-state index contributed by atoms with van der Waals surface area (Å²) in [5.41, 5.74) is 1.12. The van der Waals surface area contributed by atoms with E-state index in [1.807, 2.05) is 36.5 Å². The highest BCUT2D eigenvalue weighted by Gasteiger charge is 2.24. The molecule has 0 aliphatic carbocycles. The summed E-state index contributed by atoms with van der Waals surface area (Å²) in [6.45, 7) is 1.84. The fourth-order valence-electron chi connectivity index (χ4n) is 2.82. The van der Waals surface area contributed by atoms with E-state index in [1.165, 1.54) is 0 Å². The Bertz CT molecular complexity index is 1130. The number of fused-ring (bicyclic) bond motifs is 1. The molecule has 8 nitrogen and oxygen atoms in total. The maximum Gasteiger partial charge on any atom is 0.256 e. The molecule has 0 radical (unpaired) electrons. The Morgan fingerprint density at radius 2 is 2.00 bits per heavy atom. The molecule has 0 fully saturated rings. The van der Waals surface area contributed by atoms with Crippen molar-refractivity contribution in [1.82, 2.24) is 24.5 Å². The van der Waals surface area contributed by atoms with E-state index in [1.54, 1.807) is 28.3 Å². The smallest absolute Gasteiger partial charge is 0.256 e. The Labute approximate surface area is 148 Å². The highest BCUT2D eigenvalue weighted by atomic mass is 16.4. The van der Waals surface area contributed by atoms with Crippen molar-refractivity contribution in [2.75, 3.05) is 0 Å². The molecule has 0 unspecified atom stereocenters. The van der Waals surface area contributed by atoms with Gasteiger partial charge in [-0.2, -0.15) is 5.26 Å². The number of nitrogens with one attached hydrogen (secondary N) is 1. The number of nitrogens with zero attached hydrogens (tertiary/aromatic N) is 5. The van der Waals surface area contributed by atoms with Crippen LogP contribution in [0.5, 0.6) is 0 Å². The molecule has 1 amide bonds. The number of carbonyl (C=O) groups is 1. The zero-order valence-electron chi connectivity index (χ0n) is 13.9. The number of pyridine rings is 1. The molecule has 8 heteroatoms. The number of hydrogen-bond acceptors (Lipinski definition) is 5. The normalized spacial score (nSPS) is 10.8. The van der Waals surface area contributed by atoms with Gasteiger partial charge in [-0.3, -0.25) is 13.8 Å². The Morgan fingerprint density at radius 1 is 1.23 bits per heavy atom. The number of aromatic nitrogens is 4. The van der Waals surface area contributed by atoms with Gasteiger partial charge in [-0.25, -0.2) is 0 Å². The summed E-state index contributed by atoms with van der Waals surface area (Å²) < 4.78 is 9.11. The van der Waals surface area contributed by atoms with Crippen molar-refractivity contribution in [3.8, 4) is 12.0 Å². The third-order valence-corrected chi connectivity index (χ3v) is 4.03. The molecule has 0 aliphatic rings. The zero-order chi connectivity index (χ0) is 18.1. The van der Waals surface area contributed by atoms with Crippen LogP contribution in [0.3, 0.4) is 0 Å². The van der Waals surface area contributed by atoms with E-state index in [9.17, 15) is 10.1 Å². The van der Waals surface area contributed by atoms with Gasteiger partial charge < -0.3 is 9.73 Å². The summed E-state index contributed by atoms with van der Waals surface area (Å²) in [5.74, 6) is 0.912. The Balaban J connectivity index is 1.62. The summed E-state index contributed by atoms with van der Waals surface area (Å²) in [6, 6.07) is 11.3.